The summed E-state index contributed by atoms with van der Waals surface area (Å²) in [5.74, 6) is 2.80. The average molecular weight is 283 g/mol. The highest BCUT2D eigenvalue weighted by Gasteiger charge is 2.21. The van der Waals surface area contributed by atoms with Gasteiger partial charge in [0, 0.05) is 18.6 Å². The van der Waals surface area contributed by atoms with Crippen molar-refractivity contribution in [3.05, 3.63) is 48.2 Å². The van der Waals surface area contributed by atoms with Crippen LogP contribution >= 0.6 is 0 Å². The van der Waals surface area contributed by atoms with Crippen molar-refractivity contribution >= 4 is 23.3 Å². The summed E-state index contributed by atoms with van der Waals surface area (Å²) in [6, 6.07) is 7.67. The normalized spacial score (nSPS) is 16.4. The lowest BCUT2D eigenvalue weighted by Crippen LogP contribution is -2.70. The SMILES string of the molecule is COc1ccccc1NC1=[N+]=C(/C=C\C(N)=[NH+]C2=CC2)N1. The summed E-state index contributed by atoms with van der Waals surface area (Å²) in [5.41, 5.74) is 7.82. The van der Waals surface area contributed by atoms with Gasteiger partial charge in [-0.25, -0.2) is 20.3 Å². The molecule has 0 amide bonds. The van der Waals surface area contributed by atoms with Crippen molar-refractivity contribution in [1.29, 1.82) is 0 Å². The number of benzene rings is 1. The fourth-order valence-electron chi connectivity index (χ4n) is 1.81. The van der Waals surface area contributed by atoms with Crippen molar-refractivity contribution in [3.8, 4) is 5.75 Å². The van der Waals surface area contributed by atoms with Gasteiger partial charge in [0.1, 0.15) is 11.4 Å². The minimum absolute atomic E-state index is 0.606. The van der Waals surface area contributed by atoms with Gasteiger partial charge < -0.3 is 4.74 Å². The first-order chi connectivity index (χ1) is 10.2. The van der Waals surface area contributed by atoms with Crippen LogP contribution in [0.3, 0.4) is 0 Å². The molecule has 0 fully saturated rings. The van der Waals surface area contributed by atoms with E-state index in [2.05, 4.69) is 26.4 Å². The lowest BCUT2D eigenvalue weighted by molar-refractivity contribution is -0.389. The van der Waals surface area contributed by atoms with Gasteiger partial charge in [-0.2, -0.15) is 0 Å². The lowest BCUT2D eigenvalue weighted by Gasteiger charge is -2.10. The summed E-state index contributed by atoms with van der Waals surface area (Å²) in [5, 5.41) is 6.26. The van der Waals surface area contributed by atoms with Crippen molar-refractivity contribution < 1.29 is 9.73 Å². The van der Waals surface area contributed by atoms with E-state index in [-0.39, 0.29) is 0 Å². The number of guanidine groups is 1. The molecule has 0 unspecified atom stereocenters. The molecule has 6 nitrogen and oxygen atoms in total. The number of allylic oxidation sites excluding steroid dienone is 2. The second-order valence-corrected chi connectivity index (χ2v) is 4.64. The number of methoxy groups -OCH3 is 1. The minimum atomic E-state index is 0.606. The van der Waals surface area contributed by atoms with E-state index in [9.17, 15) is 0 Å². The van der Waals surface area contributed by atoms with Crippen molar-refractivity contribution in [3.63, 3.8) is 0 Å². The number of nitrogens with two attached hydrogens (primary N) is 1. The molecular weight excluding hydrogens is 266 g/mol. The van der Waals surface area contributed by atoms with Gasteiger partial charge in [0.25, 0.3) is 11.7 Å². The average Bonchev–Trinajstić information content (AvgIpc) is 3.25. The molecule has 0 aromatic heterocycles. The largest absolute Gasteiger partial charge is 0.493 e. The highest BCUT2D eigenvalue weighted by molar-refractivity contribution is 6.18. The number of nitrogens with zero attached hydrogens (tertiary/aromatic N) is 1. The summed E-state index contributed by atoms with van der Waals surface area (Å²) in [6.45, 7) is 0. The molecule has 1 aliphatic heterocycles. The van der Waals surface area contributed by atoms with Crippen LogP contribution in [-0.4, -0.2) is 24.7 Å². The number of para-hydroxylation sites is 2. The van der Waals surface area contributed by atoms with E-state index in [1.54, 1.807) is 13.2 Å². The standard InChI is InChI=1S/C15H15N5O/c1-21-12-5-3-2-4-11(12)18-15-19-14(20-15)9-8-13(16)17-10-6-7-10/h2-6,8-9H,7H2,1H3,(H3,16,17,18,19,20)/p+2/b9-8-. The summed E-state index contributed by atoms with van der Waals surface area (Å²) in [4.78, 5) is 3.07. The molecule has 1 aromatic carbocycles. The zero-order valence-electron chi connectivity index (χ0n) is 11.7. The number of anilines is 1. The van der Waals surface area contributed by atoms with E-state index in [1.807, 2.05) is 30.3 Å². The Morgan fingerprint density at radius 1 is 1.48 bits per heavy atom. The van der Waals surface area contributed by atoms with Gasteiger partial charge in [-0.1, -0.05) is 12.1 Å². The highest BCUT2D eigenvalue weighted by atomic mass is 16.5. The Hall–Kier alpha value is -2.98. The summed E-state index contributed by atoms with van der Waals surface area (Å²) in [6.07, 6.45) is 6.67. The molecule has 21 heavy (non-hydrogen) atoms. The van der Waals surface area contributed by atoms with Crippen molar-refractivity contribution in [2.75, 3.05) is 12.4 Å². The second kappa shape index (κ2) is 5.56. The van der Waals surface area contributed by atoms with Crippen molar-refractivity contribution in [1.82, 2.24) is 9.98 Å². The van der Waals surface area contributed by atoms with Gasteiger partial charge in [-0.15, -0.1) is 0 Å². The zero-order valence-corrected chi connectivity index (χ0v) is 11.7. The zero-order chi connectivity index (χ0) is 14.7. The first-order valence-electron chi connectivity index (χ1n) is 6.64. The van der Waals surface area contributed by atoms with Gasteiger partial charge in [0.2, 0.25) is 0 Å². The maximum Gasteiger partial charge on any atom is 0.407 e. The van der Waals surface area contributed by atoms with E-state index < -0.39 is 0 Å². The molecule has 0 atom stereocenters. The Kier molecular flexibility index (Phi) is 3.45. The number of nitrogens with one attached hydrogen (secondary N) is 3. The highest BCUT2D eigenvalue weighted by Crippen LogP contribution is 2.22. The van der Waals surface area contributed by atoms with E-state index in [0.29, 0.717) is 11.8 Å². The van der Waals surface area contributed by atoms with Crippen LogP contribution in [0, 0.1) is 0 Å². The molecule has 1 heterocycles. The van der Waals surface area contributed by atoms with E-state index >= 15 is 0 Å². The summed E-state index contributed by atoms with van der Waals surface area (Å²) >= 11 is 0. The van der Waals surface area contributed by atoms with Crippen LogP contribution in [0.2, 0.25) is 0 Å². The molecule has 0 spiro atoms. The van der Waals surface area contributed by atoms with Gasteiger partial charge in [0.05, 0.1) is 7.11 Å². The molecule has 0 bridgehead atoms. The summed E-state index contributed by atoms with van der Waals surface area (Å²) < 4.78 is 9.58. The number of amidine groups is 2. The smallest absolute Gasteiger partial charge is 0.407 e. The maximum absolute atomic E-state index is 5.79. The van der Waals surface area contributed by atoms with Crippen LogP contribution in [0.15, 0.2) is 48.2 Å². The fraction of sp³-hybridized carbons (Fsp3) is 0.133. The Bertz CT molecular complexity index is 723. The molecule has 1 aliphatic carbocycles. The third kappa shape index (κ3) is 3.32. The Morgan fingerprint density at radius 3 is 2.95 bits per heavy atom. The Labute approximate surface area is 122 Å². The van der Waals surface area contributed by atoms with Crippen LogP contribution in [0.1, 0.15) is 6.42 Å². The van der Waals surface area contributed by atoms with Gasteiger partial charge in [-0.05, 0) is 18.2 Å². The maximum atomic E-state index is 5.79. The van der Waals surface area contributed by atoms with E-state index in [4.69, 9.17) is 10.5 Å². The first-order valence-corrected chi connectivity index (χ1v) is 6.64. The van der Waals surface area contributed by atoms with E-state index in [1.165, 1.54) is 0 Å². The van der Waals surface area contributed by atoms with Crippen LogP contribution < -0.4 is 30.8 Å². The molecule has 0 saturated carbocycles. The van der Waals surface area contributed by atoms with E-state index in [0.717, 1.165) is 29.4 Å². The molecule has 6 heteroatoms. The molecular formula is C15H17N5O+2. The van der Waals surface area contributed by atoms with Crippen LogP contribution in [0.25, 0.3) is 0 Å². The quantitative estimate of drug-likeness (QED) is 0.311. The molecule has 3 rings (SSSR count). The first kappa shape index (κ1) is 13.0. The molecule has 1 aromatic rings. The topological polar surface area (TPSA) is 87.4 Å². The molecule has 5 N–H and O–H groups in total. The van der Waals surface area contributed by atoms with Gasteiger partial charge >= 0.3 is 5.96 Å². The fourth-order valence-corrected chi connectivity index (χ4v) is 1.81. The molecule has 0 saturated heterocycles. The predicted octanol–water partition coefficient (Wildman–Crippen LogP) is -1.19. The van der Waals surface area contributed by atoms with Crippen LogP contribution in [-0.2, 0) is 0 Å². The predicted molar refractivity (Wildman–Crippen MR) is 83.9 cm³/mol. The lowest BCUT2D eigenvalue weighted by atomic mass is 10.3. The minimum Gasteiger partial charge on any atom is -0.493 e. The van der Waals surface area contributed by atoms with Crippen LogP contribution in [0.5, 0.6) is 5.75 Å². The number of rotatable bonds is 5. The third-order valence-corrected chi connectivity index (χ3v) is 2.97. The second-order valence-electron chi connectivity index (χ2n) is 4.64. The Morgan fingerprint density at radius 2 is 2.24 bits per heavy atom. The molecule has 106 valence electrons. The van der Waals surface area contributed by atoms with Gasteiger partial charge in [0.15, 0.2) is 5.75 Å². The number of hydrogen-bond acceptors (Lipinski definition) is 3. The van der Waals surface area contributed by atoms with Crippen molar-refractivity contribution in [2.45, 2.75) is 6.42 Å². The monoisotopic (exact) mass is 283 g/mol. The summed E-state index contributed by atoms with van der Waals surface area (Å²) in [7, 11) is 1.64. The molecule has 2 aliphatic rings. The van der Waals surface area contributed by atoms with Crippen LogP contribution in [0.4, 0.5) is 5.69 Å². The van der Waals surface area contributed by atoms with Gasteiger partial charge in [-0.3, -0.25) is 5.73 Å². The Balaban J connectivity index is 1.65. The molecule has 0 radical (unpaired) electrons. The number of hydrogen-bond donors (Lipinski definition) is 4. The van der Waals surface area contributed by atoms with Crippen molar-refractivity contribution in [2.24, 2.45) is 5.73 Å². The third-order valence-electron chi connectivity index (χ3n) is 2.97. The number of ether oxygens (including phenoxy) is 1.